The third-order valence-electron chi connectivity index (χ3n) is 3.51. The highest BCUT2D eigenvalue weighted by Crippen LogP contribution is 2.29. The standard InChI is InChI=1S/C14H21N3O3S/c15-14(16)10-20-13-9-5-4-8-12(13)17-21(18,19)11-6-2-1-3-7-11/h4-5,8-9,11,17H,1-3,6-7,10H2,(H3,15,16). The molecule has 6 nitrogen and oxygen atoms in total. The van der Waals surface area contributed by atoms with Gasteiger partial charge in [0.25, 0.3) is 0 Å². The molecule has 0 heterocycles. The lowest BCUT2D eigenvalue weighted by atomic mass is 10.0. The predicted octanol–water partition coefficient (Wildman–Crippen LogP) is 2.08. The SMILES string of the molecule is N=C(N)COc1ccccc1NS(=O)(=O)C1CCCCC1. The minimum Gasteiger partial charge on any atom is -0.484 e. The second kappa shape index (κ2) is 6.80. The average Bonchev–Trinajstić information content (AvgIpc) is 2.47. The minimum atomic E-state index is -3.41. The summed E-state index contributed by atoms with van der Waals surface area (Å²) >= 11 is 0. The van der Waals surface area contributed by atoms with Crippen LogP contribution in [0.3, 0.4) is 0 Å². The van der Waals surface area contributed by atoms with E-state index in [1.807, 2.05) is 0 Å². The molecule has 7 heteroatoms. The van der Waals surface area contributed by atoms with Crippen molar-refractivity contribution in [2.75, 3.05) is 11.3 Å². The van der Waals surface area contributed by atoms with Crippen molar-refractivity contribution in [2.24, 2.45) is 5.73 Å². The zero-order valence-corrected chi connectivity index (χ0v) is 12.7. The van der Waals surface area contributed by atoms with E-state index in [4.69, 9.17) is 15.9 Å². The predicted molar refractivity (Wildman–Crippen MR) is 83.3 cm³/mol. The van der Waals surface area contributed by atoms with Gasteiger partial charge in [-0.3, -0.25) is 10.1 Å². The molecule has 0 bridgehead atoms. The number of rotatable bonds is 6. The molecule has 0 radical (unpaired) electrons. The molecule has 1 aliphatic carbocycles. The molecule has 0 saturated heterocycles. The van der Waals surface area contributed by atoms with Crippen LogP contribution in [-0.4, -0.2) is 26.1 Å². The summed E-state index contributed by atoms with van der Waals surface area (Å²) in [4.78, 5) is 0. The Balaban J connectivity index is 2.12. The van der Waals surface area contributed by atoms with Gasteiger partial charge < -0.3 is 10.5 Å². The van der Waals surface area contributed by atoms with Crippen molar-refractivity contribution < 1.29 is 13.2 Å². The van der Waals surface area contributed by atoms with Gasteiger partial charge in [-0.25, -0.2) is 8.42 Å². The van der Waals surface area contributed by atoms with Gasteiger partial charge in [0.05, 0.1) is 10.9 Å². The highest BCUT2D eigenvalue weighted by Gasteiger charge is 2.27. The molecule has 1 aromatic rings. The largest absolute Gasteiger partial charge is 0.484 e. The van der Waals surface area contributed by atoms with Gasteiger partial charge in [-0.2, -0.15) is 0 Å². The van der Waals surface area contributed by atoms with Crippen molar-refractivity contribution in [3.8, 4) is 5.75 Å². The smallest absolute Gasteiger partial charge is 0.235 e. The first-order chi connectivity index (χ1) is 9.99. The fourth-order valence-corrected chi connectivity index (χ4v) is 4.04. The molecule has 2 rings (SSSR count). The number of anilines is 1. The zero-order chi connectivity index (χ0) is 15.3. The fourth-order valence-electron chi connectivity index (χ4n) is 2.44. The van der Waals surface area contributed by atoms with Crippen LogP contribution in [0.2, 0.25) is 0 Å². The summed E-state index contributed by atoms with van der Waals surface area (Å²) in [6.07, 6.45) is 4.41. The fraction of sp³-hybridized carbons (Fsp3) is 0.500. The Morgan fingerprint density at radius 1 is 1.29 bits per heavy atom. The summed E-state index contributed by atoms with van der Waals surface area (Å²) in [5.41, 5.74) is 5.65. The number of hydrogen-bond acceptors (Lipinski definition) is 4. The number of sulfonamides is 1. The molecule has 1 aliphatic rings. The Hall–Kier alpha value is -1.76. The minimum absolute atomic E-state index is 0.0673. The van der Waals surface area contributed by atoms with Gasteiger partial charge in [-0.05, 0) is 25.0 Å². The molecule has 0 aromatic heterocycles. The summed E-state index contributed by atoms with van der Waals surface area (Å²) in [7, 11) is -3.41. The number of nitrogens with one attached hydrogen (secondary N) is 2. The van der Waals surface area contributed by atoms with E-state index in [-0.39, 0.29) is 17.7 Å². The lowest BCUT2D eigenvalue weighted by Crippen LogP contribution is -2.30. The summed E-state index contributed by atoms with van der Waals surface area (Å²) in [6.45, 7) is -0.0673. The first-order valence-corrected chi connectivity index (χ1v) is 8.60. The maximum Gasteiger partial charge on any atom is 0.235 e. The Bertz CT molecular complexity index is 595. The van der Waals surface area contributed by atoms with E-state index in [9.17, 15) is 8.42 Å². The Morgan fingerprint density at radius 3 is 2.62 bits per heavy atom. The van der Waals surface area contributed by atoms with Crippen molar-refractivity contribution in [3.05, 3.63) is 24.3 Å². The van der Waals surface area contributed by atoms with Gasteiger partial charge in [0.2, 0.25) is 10.0 Å². The van der Waals surface area contributed by atoms with Crippen LogP contribution >= 0.6 is 0 Å². The van der Waals surface area contributed by atoms with E-state index in [1.165, 1.54) is 0 Å². The number of nitrogens with two attached hydrogens (primary N) is 1. The average molecular weight is 311 g/mol. The number of hydrogen-bond donors (Lipinski definition) is 3. The van der Waals surface area contributed by atoms with E-state index >= 15 is 0 Å². The topological polar surface area (TPSA) is 105 Å². The molecule has 0 atom stereocenters. The Morgan fingerprint density at radius 2 is 1.95 bits per heavy atom. The van der Waals surface area contributed by atoms with Crippen LogP contribution in [0.4, 0.5) is 5.69 Å². The van der Waals surface area contributed by atoms with E-state index in [0.29, 0.717) is 24.3 Å². The first-order valence-electron chi connectivity index (χ1n) is 7.05. The van der Waals surface area contributed by atoms with E-state index in [1.54, 1.807) is 24.3 Å². The first kappa shape index (κ1) is 15.6. The van der Waals surface area contributed by atoms with Crippen LogP contribution in [0.1, 0.15) is 32.1 Å². The van der Waals surface area contributed by atoms with Crippen molar-refractivity contribution in [2.45, 2.75) is 37.4 Å². The number of amidine groups is 1. The zero-order valence-electron chi connectivity index (χ0n) is 11.8. The van der Waals surface area contributed by atoms with Gasteiger partial charge in [0.1, 0.15) is 18.2 Å². The van der Waals surface area contributed by atoms with E-state index < -0.39 is 10.0 Å². The molecular weight excluding hydrogens is 290 g/mol. The molecule has 0 amide bonds. The third kappa shape index (κ3) is 4.35. The third-order valence-corrected chi connectivity index (χ3v) is 5.37. The second-order valence-corrected chi connectivity index (χ2v) is 7.18. The Labute approximate surface area is 125 Å². The van der Waals surface area contributed by atoms with Gasteiger partial charge >= 0.3 is 0 Å². The van der Waals surface area contributed by atoms with Gasteiger partial charge in [-0.15, -0.1) is 0 Å². The van der Waals surface area contributed by atoms with Gasteiger partial charge in [-0.1, -0.05) is 31.4 Å². The highest BCUT2D eigenvalue weighted by molar-refractivity contribution is 7.93. The van der Waals surface area contributed by atoms with Crippen molar-refractivity contribution >= 4 is 21.5 Å². The quantitative estimate of drug-likeness (QED) is 0.552. The molecule has 116 valence electrons. The Kier molecular flexibility index (Phi) is 5.06. The molecule has 21 heavy (non-hydrogen) atoms. The summed E-state index contributed by atoms with van der Waals surface area (Å²) in [5.74, 6) is 0.270. The molecule has 0 aliphatic heterocycles. The molecule has 1 saturated carbocycles. The highest BCUT2D eigenvalue weighted by atomic mass is 32.2. The van der Waals surface area contributed by atoms with E-state index in [2.05, 4.69) is 4.72 Å². The second-order valence-electron chi connectivity index (χ2n) is 5.22. The van der Waals surface area contributed by atoms with Crippen LogP contribution in [0.5, 0.6) is 5.75 Å². The maximum atomic E-state index is 12.4. The van der Waals surface area contributed by atoms with Gasteiger partial charge in [0, 0.05) is 0 Å². The molecular formula is C14H21N3O3S. The number of ether oxygens (including phenoxy) is 1. The van der Waals surface area contributed by atoms with Crippen molar-refractivity contribution in [3.63, 3.8) is 0 Å². The molecule has 4 N–H and O–H groups in total. The van der Waals surface area contributed by atoms with Gasteiger partial charge in [0.15, 0.2) is 0 Å². The molecule has 0 spiro atoms. The summed E-state index contributed by atoms with van der Waals surface area (Å²) in [5, 5.41) is 6.83. The molecule has 1 fully saturated rings. The van der Waals surface area contributed by atoms with Crippen LogP contribution in [0, 0.1) is 5.41 Å². The monoisotopic (exact) mass is 311 g/mol. The maximum absolute atomic E-state index is 12.4. The van der Waals surface area contributed by atoms with Crippen molar-refractivity contribution in [1.29, 1.82) is 5.41 Å². The summed E-state index contributed by atoms with van der Waals surface area (Å²) < 4.78 is 32.8. The van der Waals surface area contributed by atoms with E-state index in [0.717, 1.165) is 19.3 Å². The molecule has 0 unspecified atom stereocenters. The molecule has 1 aromatic carbocycles. The number of benzene rings is 1. The lowest BCUT2D eigenvalue weighted by molar-refractivity contribution is 0.376. The lowest BCUT2D eigenvalue weighted by Gasteiger charge is -2.23. The summed E-state index contributed by atoms with van der Waals surface area (Å²) in [6, 6.07) is 6.78. The van der Waals surface area contributed by atoms with Crippen molar-refractivity contribution in [1.82, 2.24) is 0 Å². The number of para-hydroxylation sites is 2. The van der Waals surface area contributed by atoms with Crippen LogP contribution in [0.15, 0.2) is 24.3 Å². The van der Waals surface area contributed by atoms with Crippen LogP contribution < -0.4 is 15.2 Å². The van der Waals surface area contributed by atoms with Crippen LogP contribution in [0.25, 0.3) is 0 Å². The van der Waals surface area contributed by atoms with Crippen LogP contribution in [-0.2, 0) is 10.0 Å². The normalized spacial score (nSPS) is 16.4.